The summed E-state index contributed by atoms with van der Waals surface area (Å²) in [5, 5.41) is 2.27. The topological polar surface area (TPSA) is 119 Å². The lowest BCUT2D eigenvalue weighted by Crippen LogP contribution is -2.64. The van der Waals surface area contributed by atoms with Crippen LogP contribution in [-0.4, -0.2) is 29.8 Å². The Labute approximate surface area is 115 Å². The fraction of sp³-hybridized carbons (Fsp3) is 0.308. The Morgan fingerprint density at radius 3 is 2.60 bits per heavy atom. The number of piperazine rings is 1. The van der Waals surface area contributed by atoms with E-state index in [1.807, 2.05) is 0 Å². The molecule has 1 aliphatic rings. The molecule has 1 aromatic rings. The first-order chi connectivity index (χ1) is 9.23. The molecule has 1 fully saturated rings. The number of carbonyl (C=O) groups excluding carboxylic acids is 3. The molecule has 0 unspecified atom stereocenters. The summed E-state index contributed by atoms with van der Waals surface area (Å²) in [6, 6.07) is 4.61. The normalized spacial score (nSPS) is 17.8. The number of primary amides is 1. The minimum Gasteiger partial charge on any atom is -0.399 e. The summed E-state index contributed by atoms with van der Waals surface area (Å²) < 4.78 is 0. The molecule has 0 aromatic heterocycles. The fourth-order valence-corrected chi connectivity index (χ4v) is 2.16. The number of hydrogen-bond acceptors (Lipinski definition) is 5. The van der Waals surface area contributed by atoms with Crippen molar-refractivity contribution >= 4 is 29.1 Å². The van der Waals surface area contributed by atoms with E-state index in [2.05, 4.69) is 5.32 Å². The molecule has 2 rings (SSSR count). The Balaban J connectivity index is 2.57. The number of imide groups is 1. The zero-order valence-corrected chi connectivity index (χ0v) is 11.3. The summed E-state index contributed by atoms with van der Waals surface area (Å²) in [5.41, 5.74) is 11.0. The molecular weight excluding hydrogens is 260 g/mol. The van der Waals surface area contributed by atoms with Gasteiger partial charge in [0.25, 0.3) is 11.8 Å². The Bertz CT molecular complexity index is 610. The number of nitrogens with zero attached hydrogens (tertiary/aromatic N) is 1. The van der Waals surface area contributed by atoms with Gasteiger partial charge in [0.2, 0.25) is 5.91 Å². The maximum atomic E-state index is 11.9. The minimum absolute atomic E-state index is 0.0388. The first-order valence-corrected chi connectivity index (χ1v) is 6.04. The van der Waals surface area contributed by atoms with Crippen molar-refractivity contribution in [3.63, 3.8) is 0 Å². The van der Waals surface area contributed by atoms with E-state index in [0.29, 0.717) is 11.4 Å². The highest BCUT2D eigenvalue weighted by molar-refractivity contribution is 6.08. The molecule has 20 heavy (non-hydrogen) atoms. The summed E-state index contributed by atoms with van der Waals surface area (Å²) in [5.74, 6) is -1.52. The quantitative estimate of drug-likeness (QED) is 0.502. The Morgan fingerprint density at radius 1 is 1.35 bits per heavy atom. The number of hydrogen-bond donors (Lipinski definition) is 3. The standard InChI is InChI=1S/C13H16N4O3/c1-13(2)12(20)16-10(18)6-17(13)9-4-3-7(14)5-8(9)11(15)19/h3-5H,6,14H2,1-2H3,(H2,15,19)(H,16,18,20). The van der Waals surface area contributed by atoms with E-state index in [1.54, 1.807) is 30.9 Å². The molecule has 1 heterocycles. The summed E-state index contributed by atoms with van der Waals surface area (Å²) in [4.78, 5) is 36.6. The maximum Gasteiger partial charge on any atom is 0.251 e. The lowest BCUT2D eigenvalue weighted by molar-refractivity contribution is -0.135. The lowest BCUT2D eigenvalue weighted by Gasteiger charge is -2.42. The van der Waals surface area contributed by atoms with Gasteiger partial charge in [-0.1, -0.05) is 0 Å². The van der Waals surface area contributed by atoms with Crippen LogP contribution in [0, 0.1) is 0 Å². The second kappa shape index (κ2) is 4.52. The first kappa shape index (κ1) is 13.9. The van der Waals surface area contributed by atoms with Gasteiger partial charge >= 0.3 is 0 Å². The van der Waals surface area contributed by atoms with Gasteiger partial charge in [0.05, 0.1) is 17.8 Å². The molecular formula is C13H16N4O3. The zero-order chi connectivity index (χ0) is 15.1. The molecule has 0 saturated carbocycles. The molecule has 0 atom stereocenters. The van der Waals surface area contributed by atoms with Crippen molar-refractivity contribution in [1.82, 2.24) is 5.32 Å². The minimum atomic E-state index is -0.978. The fourth-order valence-electron chi connectivity index (χ4n) is 2.16. The molecule has 0 radical (unpaired) electrons. The van der Waals surface area contributed by atoms with Crippen molar-refractivity contribution in [2.75, 3.05) is 17.2 Å². The van der Waals surface area contributed by atoms with Gasteiger partial charge in [-0.05, 0) is 32.0 Å². The van der Waals surface area contributed by atoms with Gasteiger partial charge in [-0.25, -0.2) is 0 Å². The van der Waals surface area contributed by atoms with E-state index >= 15 is 0 Å². The highest BCUT2D eigenvalue weighted by atomic mass is 16.2. The molecule has 5 N–H and O–H groups in total. The van der Waals surface area contributed by atoms with Crippen LogP contribution in [0.15, 0.2) is 18.2 Å². The van der Waals surface area contributed by atoms with Crippen LogP contribution in [-0.2, 0) is 9.59 Å². The van der Waals surface area contributed by atoms with Crippen LogP contribution in [0.1, 0.15) is 24.2 Å². The van der Waals surface area contributed by atoms with Gasteiger partial charge in [-0.15, -0.1) is 0 Å². The van der Waals surface area contributed by atoms with Crippen molar-refractivity contribution in [1.29, 1.82) is 0 Å². The summed E-state index contributed by atoms with van der Waals surface area (Å²) in [7, 11) is 0. The van der Waals surface area contributed by atoms with E-state index in [9.17, 15) is 14.4 Å². The van der Waals surface area contributed by atoms with E-state index in [0.717, 1.165) is 0 Å². The third kappa shape index (κ3) is 2.18. The average molecular weight is 276 g/mol. The van der Waals surface area contributed by atoms with E-state index < -0.39 is 23.3 Å². The predicted molar refractivity (Wildman–Crippen MR) is 73.9 cm³/mol. The maximum absolute atomic E-state index is 11.9. The second-order valence-corrected chi connectivity index (χ2v) is 5.16. The van der Waals surface area contributed by atoms with Crippen molar-refractivity contribution < 1.29 is 14.4 Å². The van der Waals surface area contributed by atoms with Crippen molar-refractivity contribution in [2.24, 2.45) is 5.73 Å². The largest absolute Gasteiger partial charge is 0.399 e. The lowest BCUT2D eigenvalue weighted by atomic mass is 9.96. The molecule has 1 aromatic carbocycles. The molecule has 7 heteroatoms. The number of nitrogens with one attached hydrogen (secondary N) is 1. The molecule has 0 bridgehead atoms. The summed E-state index contributed by atoms with van der Waals surface area (Å²) in [6.07, 6.45) is 0. The third-order valence-electron chi connectivity index (χ3n) is 3.36. The smallest absolute Gasteiger partial charge is 0.251 e. The number of carbonyl (C=O) groups is 3. The Kier molecular flexibility index (Phi) is 3.13. The number of benzene rings is 1. The molecule has 106 valence electrons. The van der Waals surface area contributed by atoms with Crippen molar-refractivity contribution in [2.45, 2.75) is 19.4 Å². The third-order valence-corrected chi connectivity index (χ3v) is 3.36. The first-order valence-electron chi connectivity index (χ1n) is 6.04. The number of anilines is 2. The second-order valence-electron chi connectivity index (χ2n) is 5.16. The predicted octanol–water partition coefficient (Wildman–Crippen LogP) is -0.391. The van der Waals surface area contributed by atoms with Crippen molar-refractivity contribution in [3.8, 4) is 0 Å². The molecule has 7 nitrogen and oxygen atoms in total. The van der Waals surface area contributed by atoms with Crippen molar-refractivity contribution in [3.05, 3.63) is 23.8 Å². The van der Waals surface area contributed by atoms with E-state index in [4.69, 9.17) is 11.5 Å². The van der Waals surface area contributed by atoms with Crippen LogP contribution in [0.5, 0.6) is 0 Å². The summed E-state index contributed by atoms with van der Waals surface area (Å²) >= 11 is 0. The zero-order valence-electron chi connectivity index (χ0n) is 11.3. The van der Waals surface area contributed by atoms with Gasteiger partial charge in [0.1, 0.15) is 5.54 Å². The molecule has 3 amide bonds. The number of amides is 3. The number of rotatable bonds is 2. The SMILES string of the molecule is CC1(C)C(=O)NC(=O)CN1c1ccc(N)cc1C(N)=O. The number of nitrogens with two attached hydrogens (primary N) is 2. The molecule has 1 aliphatic heterocycles. The van der Waals surface area contributed by atoms with Crippen LogP contribution < -0.4 is 21.7 Å². The van der Waals surface area contributed by atoms with Crippen LogP contribution in [0.4, 0.5) is 11.4 Å². The van der Waals surface area contributed by atoms with Gasteiger partial charge in [0.15, 0.2) is 0 Å². The van der Waals surface area contributed by atoms with Gasteiger partial charge in [0, 0.05) is 5.69 Å². The van der Waals surface area contributed by atoms with Crippen LogP contribution in [0.2, 0.25) is 0 Å². The van der Waals surface area contributed by atoms with Crippen LogP contribution in [0.25, 0.3) is 0 Å². The monoisotopic (exact) mass is 276 g/mol. The van der Waals surface area contributed by atoms with E-state index in [-0.39, 0.29) is 12.1 Å². The van der Waals surface area contributed by atoms with Crippen LogP contribution in [0.3, 0.4) is 0 Å². The molecule has 0 spiro atoms. The van der Waals surface area contributed by atoms with Gasteiger partial charge in [-0.2, -0.15) is 0 Å². The Hall–Kier alpha value is -2.57. The highest BCUT2D eigenvalue weighted by Crippen LogP contribution is 2.30. The molecule has 1 saturated heterocycles. The van der Waals surface area contributed by atoms with Crippen LogP contribution >= 0.6 is 0 Å². The van der Waals surface area contributed by atoms with E-state index in [1.165, 1.54) is 6.07 Å². The summed E-state index contributed by atoms with van der Waals surface area (Å²) in [6.45, 7) is 3.29. The Morgan fingerprint density at radius 2 is 2.00 bits per heavy atom. The average Bonchev–Trinajstić information content (AvgIpc) is 2.34. The van der Waals surface area contributed by atoms with Gasteiger partial charge in [-0.3, -0.25) is 19.7 Å². The van der Waals surface area contributed by atoms with Gasteiger partial charge < -0.3 is 16.4 Å². The number of nitrogen functional groups attached to an aromatic ring is 1. The highest BCUT2D eigenvalue weighted by Gasteiger charge is 2.42. The molecule has 0 aliphatic carbocycles.